The molecule has 2 aromatic heterocycles. The van der Waals surface area contributed by atoms with E-state index in [0.717, 1.165) is 11.3 Å². The molecule has 2 heterocycles. The second kappa shape index (κ2) is 2.57. The van der Waals surface area contributed by atoms with Crippen LogP contribution in [0.1, 0.15) is 19.5 Å². The predicted molar refractivity (Wildman–Crippen MR) is 52.4 cm³/mol. The molecular weight excluding hydrogens is 162 g/mol. The second-order valence-electron chi connectivity index (χ2n) is 3.79. The lowest BCUT2D eigenvalue weighted by molar-refractivity contribution is 0.528. The average molecular weight is 175 g/mol. The van der Waals surface area contributed by atoms with Crippen LogP contribution in [0.2, 0.25) is 0 Å². The van der Waals surface area contributed by atoms with Crippen LogP contribution in [0.5, 0.6) is 0 Å². The Morgan fingerprint density at radius 1 is 1.38 bits per heavy atom. The van der Waals surface area contributed by atoms with Crippen LogP contribution in [0.15, 0.2) is 30.6 Å². The van der Waals surface area contributed by atoms with Gasteiger partial charge in [0.05, 0.1) is 5.54 Å². The van der Waals surface area contributed by atoms with Crippen LogP contribution >= 0.6 is 0 Å². The van der Waals surface area contributed by atoms with Crippen molar-refractivity contribution in [1.29, 1.82) is 0 Å². The first-order valence-corrected chi connectivity index (χ1v) is 4.30. The lowest BCUT2D eigenvalue weighted by Gasteiger charge is -2.20. The van der Waals surface area contributed by atoms with Gasteiger partial charge in [0.2, 0.25) is 0 Å². The molecule has 13 heavy (non-hydrogen) atoms. The van der Waals surface area contributed by atoms with E-state index >= 15 is 0 Å². The molecule has 68 valence electrons. The van der Waals surface area contributed by atoms with E-state index in [-0.39, 0.29) is 5.54 Å². The first kappa shape index (κ1) is 8.26. The summed E-state index contributed by atoms with van der Waals surface area (Å²) in [4.78, 5) is 4.20. The van der Waals surface area contributed by atoms with Gasteiger partial charge in [-0.2, -0.15) is 0 Å². The molecule has 0 amide bonds. The summed E-state index contributed by atoms with van der Waals surface area (Å²) in [6.45, 7) is 3.98. The molecule has 0 unspecified atom stereocenters. The normalized spacial score (nSPS) is 12.2. The highest BCUT2D eigenvalue weighted by Gasteiger charge is 2.16. The zero-order valence-electron chi connectivity index (χ0n) is 7.86. The molecule has 0 atom stereocenters. The summed E-state index contributed by atoms with van der Waals surface area (Å²) >= 11 is 0. The minimum Gasteiger partial charge on any atom is -0.321 e. The third-order valence-electron chi connectivity index (χ3n) is 2.09. The van der Waals surface area contributed by atoms with Gasteiger partial charge in [-0.15, -0.1) is 0 Å². The zero-order valence-corrected chi connectivity index (χ0v) is 7.86. The van der Waals surface area contributed by atoms with Crippen LogP contribution in [0.4, 0.5) is 0 Å². The molecule has 2 rings (SSSR count). The monoisotopic (exact) mass is 175 g/mol. The highest BCUT2D eigenvalue weighted by atomic mass is 15.0. The molecule has 2 N–H and O–H groups in total. The van der Waals surface area contributed by atoms with Gasteiger partial charge in [0.15, 0.2) is 0 Å². The fraction of sp³-hybridized carbons (Fsp3) is 0.300. The van der Waals surface area contributed by atoms with Crippen molar-refractivity contribution in [1.82, 2.24) is 9.38 Å². The molecule has 0 aromatic carbocycles. The number of pyridine rings is 1. The standard InChI is InChI=1S/C10H13N3/c1-10(2,11)8-4-3-5-9-12-6-7-13(8)9/h3-7H,11H2,1-2H3. The van der Waals surface area contributed by atoms with Crippen LogP contribution in [-0.2, 0) is 5.54 Å². The van der Waals surface area contributed by atoms with Crippen molar-refractivity contribution in [2.24, 2.45) is 5.73 Å². The smallest absolute Gasteiger partial charge is 0.136 e. The van der Waals surface area contributed by atoms with E-state index in [2.05, 4.69) is 4.98 Å². The zero-order chi connectivity index (χ0) is 9.47. The Kier molecular flexibility index (Phi) is 1.63. The van der Waals surface area contributed by atoms with Gasteiger partial charge in [-0.05, 0) is 26.0 Å². The van der Waals surface area contributed by atoms with Gasteiger partial charge < -0.3 is 10.1 Å². The van der Waals surface area contributed by atoms with Gasteiger partial charge in [0.25, 0.3) is 0 Å². The van der Waals surface area contributed by atoms with Crippen molar-refractivity contribution in [3.05, 3.63) is 36.3 Å². The fourth-order valence-corrected chi connectivity index (χ4v) is 1.47. The van der Waals surface area contributed by atoms with E-state index in [1.54, 1.807) is 6.20 Å². The van der Waals surface area contributed by atoms with Gasteiger partial charge >= 0.3 is 0 Å². The van der Waals surface area contributed by atoms with Gasteiger partial charge in [-0.1, -0.05) is 6.07 Å². The van der Waals surface area contributed by atoms with Gasteiger partial charge in [0, 0.05) is 18.1 Å². The maximum absolute atomic E-state index is 6.03. The number of nitrogens with two attached hydrogens (primary N) is 1. The molecule has 0 aliphatic carbocycles. The Morgan fingerprint density at radius 3 is 2.85 bits per heavy atom. The molecule has 0 aliphatic heterocycles. The lowest BCUT2D eigenvalue weighted by Crippen LogP contribution is -2.30. The topological polar surface area (TPSA) is 43.3 Å². The molecule has 0 aliphatic rings. The molecule has 3 heteroatoms. The van der Waals surface area contributed by atoms with E-state index < -0.39 is 0 Å². The average Bonchev–Trinajstić information content (AvgIpc) is 2.48. The van der Waals surface area contributed by atoms with E-state index in [1.165, 1.54) is 0 Å². The molecular formula is C10H13N3. The van der Waals surface area contributed by atoms with E-state index in [9.17, 15) is 0 Å². The Bertz CT molecular complexity index is 423. The molecule has 0 radical (unpaired) electrons. The minimum atomic E-state index is -0.333. The molecule has 0 spiro atoms. The second-order valence-corrected chi connectivity index (χ2v) is 3.79. The lowest BCUT2D eigenvalue weighted by atomic mass is 10.0. The van der Waals surface area contributed by atoms with Crippen molar-refractivity contribution in [2.75, 3.05) is 0 Å². The van der Waals surface area contributed by atoms with Crippen LogP contribution in [-0.4, -0.2) is 9.38 Å². The molecule has 2 aromatic rings. The van der Waals surface area contributed by atoms with Gasteiger partial charge in [0.1, 0.15) is 5.65 Å². The number of nitrogens with zero attached hydrogens (tertiary/aromatic N) is 2. The summed E-state index contributed by atoms with van der Waals surface area (Å²) < 4.78 is 2.01. The number of hydrogen-bond donors (Lipinski definition) is 1. The predicted octanol–water partition coefficient (Wildman–Crippen LogP) is 1.53. The van der Waals surface area contributed by atoms with Crippen molar-refractivity contribution < 1.29 is 0 Å². The molecule has 0 bridgehead atoms. The molecule has 0 fully saturated rings. The van der Waals surface area contributed by atoms with Crippen LogP contribution in [0, 0.1) is 0 Å². The maximum Gasteiger partial charge on any atom is 0.136 e. The number of rotatable bonds is 1. The van der Waals surface area contributed by atoms with Crippen molar-refractivity contribution in [3.63, 3.8) is 0 Å². The van der Waals surface area contributed by atoms with Crippen molar-refractivity contribution in [3.8, 4) is 0 Å². The molecule has 0 saturated heterocycles. The summed E-state index contributed by atoms with van der Waals surface area (Å²) in [5, 5.41) is 0. The Hall–Kier alpha value is -1.35. The first-order chi connectivity index (χ1) is 6.09. The molecule has 0 saturated carbocycles. The summed E-state index contributed by atoms with van der Waals surface area (Å²) in [7, 11) is 0. The van der Waals surface area contributed by atoms with Gasteiger partial charge in [-0.25, -0.2) is 4.98 Å². The Labute approximate surface area is 77.2 Å². The van der Waals surface area contributed by atoms with E-state index in [1.807, 2.05) is 42.6 Å². The van der Waals surface area contributed by atoms with Crippen LogP contribution in [0.3, 0.4) is 0 Å². The Balaban J connectivity index is 2.75. The summed E-state index contributed by atoms with van der Waals surface area (Å²) in [6.07, 6.45) is 3.71. The number of aromatic nitrogens is 2. The highest BCUT2D eigenvalue weighted by molar-refractivity contribution is 5.41. The van der Waals surface area contributed by atoms with Crippen molar-refractivity contribution >= 4 is 5.65 Å². The fourth-order valence-electron chi connectivity index (χ4n) is 1.47. The number of fused-ring (bicyclic) bond motifs is 1. The largest absolute Gasteiger partial charge is 0.321 e. The maximum atomic E-state index is 6.03. The van der Waals surface area contributed by atoms with Crippen molar-refractivity contribution in [2.45, 2.75) is 19.4 Å². The van der Waals surface area contributed by atoms with E-state index in [0.29, 0.717) is 0 Å². The number of imidazole rings is 1. The quantitative estimate of drug-likeness (QED) is 0.714. The van der Waals surface area contributed by atoms with Crippen LogP contribution < -0.4 is 5.73 Å². The first-order valence-electron chi connectivity index (χ1n) is 4.30. The van der Waals surface area contributed by atoms with E-state index in [4.69, 9.17) is 5.73 Å². The third-order valence-corrected chi connectivity index (χ3v) is 2.09. The summed E-state index contributed by atoms with van der Waals surface area (Å²) in [5.74, 6) is 0. The number of hydrogen-bond acceptors (Lipinski definition) is 2. The van der Waals surface area contributed by atoms with Crippen LogP contribution in [0.25, 0.3) is 5.65 Å². The minimum absolute atomic E-state index is 0.333. The summed E-state index contributed by atoms with van der Waals surface area (Å²) in [6, 6.07) is 5.97. The third kappa shape index (κ3) is 1.31. The Morgan fingerprint density at radius 2 is 2.15 bits per heavy atom. The molecule has 3 nitrogen and oxygen atoms in total. The summed E-state index contributed by atoms with van der Waals surface area (Å²) in [5.41, 5.74) is 7.71. The van der Waals surface area contributed by atoms with Gasteiger partial charge in [-0.3, -0.25) is 0 Å². The highest BCUT2D eigenvalue weighted by Crippen LogP contribution is 2.17. The SMILES string of the molecule is CC(C)(N)c1cccc2nccn12.